The van der Waals surface area contributed by atoms with Crippen molar-refractivity contribution in [3.05, 3.63) is 39.7 Å². The molecule has 0 aliphatic heterocycles. The van der Waals surface area contributed by atoms with Gasteiger partial charge in [0.25, 0.3) is 0 Å². The number of rotatable bonds is 6. The van der Waals surface area contributed by atoms with Crippen molar-refractivity contribution in [3.63, 3.8) is 0 Å². The first-order chi connectivity index (χ1) is 11.4. The number of carbonyl (C=O) groups excluding carboxylic acids is 1. The van der Waals surface area contributed by atoms with Gasteiger partial charge in [0.15, 0.2) is 0 Å². The van der Waals surface area contributed by atoms with Crippen LogP contribution in [-0.2, 0) is 16.0 Å². The van der Waals surface area contributed by atoms with Crippen LogP contribution in [0.25, 0.3) is 0 Å². The number of benzene rings is 1. The van der Waals surface area contributed by atoms with Crippen molar-refractivity contribution < 1.29 is 24.0 Å². The van der Waals surface area contributed by atoms with Crippen molar-refractivity contribution >= 4 is 17.6 Å². The van der Waals surface area contributed by atoms with E-state index in [4.69, 9.17) is 0 Å². The lowest BCUT2D eigenvalue weighted by molar-refractivity contribution is -0.387. The lowest BCUT2D eigenvalue weighted by Gasteiger charge is -2.23. The summed E-state index contributed by atoms with van der Waals surface area (Å²) in [5.41, 5.74) is -0.435. The summed E-state index contributed by atoms with van der Waals surface area (Å²) < 4.78 is 13.3. The molecule has 2 N–H and O–H groups in total. The number of hydrogen-bond donors (Lipinski definition) is 2. The van der Waals surface area contributed by atoms with Crippen LogP contribution in [0.4, 0.5) is 10.1 Å². The number of carbonyl (C=O) groups is 2. The molecule has 1 aliphatic rings. The summed E-state index contributed by atoms with van der Waals surface area (Å²) in [6, 6.07) is 2.00. The van der Waals surface area contributed by atoms with Crippen LogP contribution in [-0.4, -0.2) is 27.9 Å². The van der Waals surface area contributed by atoms with Crippen molar-refractivity contribution in [3.8, 4) is 0 Å². The molecule has 1 aliphatic carbocycles. The topological polar surface area (TPSA) is 110 Å². The van der Waals surface area contributed by atoms with E-state index >= 15 is 0 Å². The van der Waals surface area contributed by atoms with Gasteiger partial charge in [-0.1, -0.05) is 25.3 Å². The van der Waals surface area contributed by atoms with Crippen molar-refractivity contribution in [2.75, 3.05) is 0 Å². The summed E-state index contributed by atoms with van der Waals surface area (Å²) in [6.07, 6.45) is 4.29. The molecule has 0 aromatic heterocycles. The van der Waals surface area contributed by atoms with Crippen LogP contribution in [0, 0.1) is 21.8 Å². The first-order valence-electron chi connectivity index (χ1n) is 7.84. The highest BCUT2D eigenvalue weighted by Gasteiger charge is 2.27. The summed E-state index contributed by atoms with van der Waals surface area (Å²) in [5.74, 6) is -2.71. The fourth-order valence-corrected chi connectivity index (χ4v) is 2.92. The highest BCUT2D eigenvalue weighted by atomic mass is 19.1. The molecule has 1 amide bonds. The summed E-state index contributed by atoms with van der Waals surface area (Å²) >= 11 is 0. The van der Waals surface area contributed by atoms with Gasteiger partial charge >= 0.3 is 11.7 Å². The fraction of sp³-hybridized carbons (Fsp3) is 0.500. The van der Waals surface area contributed by atoms with Gasteiger partial charge in [-0.15, -0.1) is 0 Å². The maximum absolute atomic E-state index is 13.3. The zero-order valence-electron chi connectivity index (χ0n) is 13.0. The molecule has 0 unspecified atom stereocenters. The first-order valence-corrected chi connectivity index (χ1v) is 7.84. The maximum atomic E-state index is 13.3. The largest absolute Gasteiger partial charge is 0.480 e. The third kappa shape index (κ3) is 4.50. The van der Waals surface area contributed by atoms with Gasteiger partial charge < -0.3 is 10.4 Å². The minimum atomic E-state index is -1.23. The third-order valence-electron chi connectivity index (χ3n) is 4.24. The smallest absolute Gasteiger partial charge is 0.326 e. The number of carboxylic acid groups (broad SMARTS) is 1. The number of nitrogens with one attached hydrogen (secondary N) is 1. The van der Waals surface area contributed by atoms with Crippen molar-refractivity contribution in [2.24, 2.45) is 5.92 Å². The molecule has 2 rings (SSSR count). The van der Waals surface area contributed by atoms with Crippen LogP contribution in [0.1, 0.15) is 37.7 Å². The number of carboxylic acids is 1. The van der Waals surface area contributed by atoms with Crippen LogP contribution in [0.2, 0.25) is 0 Å². The molecule has 7 nitrogen and oxygen atoms in total. The predicted octanol–water partition coefficient (Wildman–Crippen LogP) is 2.43. The van der Waals surface area contributed by atoms with E-state index < -0.39 is 28.4 Å². The lowest BCUT2D eigenvalue weighted by atomic mass is 9.88. The van der Waals surface area contributed by atoms with E-state index in [0.717, 1.165) is 44.2 Å². The van der Waals surface area contributed by atoms with Crippen LogP contribution < -0.4 is 5.32 Å². The van der Waals surface area contributed by atoms with Gasteiger partial charge in [0.05, 0.1) is 4.92 Å². The van der Waals surface area contributed by atoms with E-state index in [2.05, 4.69) is 5.32 Å². The Morgan fingerprint density at radius 2 is 2.00 bits per heavy atom. The molecule has 1 atom stereocenters. The van der Waals surface area contributed by atoms with Crippen LogP contribution in [0.3, 0.4) is 0 Å². The minimum Gasteiger partial charge on any atom is -0.480 e. The van der Waals surface area contributed by atoms with E-state index in [0.29, 0.717) is 0 Å². The van der Waals surface area contributed by atoms with Gasteiger partial charge in [0.2, 0.25) is 11.7 Å². The van der Waals surface area contributed by atoms with Gasteiger partial charge in [-0.25, -0.2) is 4.79 Å². The molecule has 0 bridgehead atoms. The van der Waals surface area contributed by atoms with Gasteiger partial charge in [-0.05, 0) is 24.5 Å². The zero-order valence-corrected chi connectivity index (χ0v) is 13.0. The Kier molecular flexibility index (Phi) is 5.83. The van der Waals surface area contributed by atoms with E-state index in [9.17, 15) is 29.2 Å². The summed E-state index contributed by atoms with van der Waals surface area (Å²) in [6.45, 7) is 0. The first kappa shape index (κ1) is 17.8. The SMILES string of the molecule is O=C(N[C@@H](Cc1ccc(F)c([N+](=O)[O-])c1)C(=O)O)C1CCCCC1. The zero-order chi connectivity index (χ0) is 17.7. The van der Waals surface area contributed by atoms with E-state index in [1.54, 1.807) is 0 Å². The van der Waals surface area contributed by atoms with Gasteiger partial charge in [-0.2, -0.15) is 4.39 Å². The molecule has 8 heteroatoms. The van der Waals surface area contributed by atoms with Gasteiger partial charge in [0.1, 0.15) is 6.04 Å². The molecule has 0 heterocycles. The Bertz CT molecular complexity index is 643. The summed E-state index contributed by atoms with van der Waals surface area (Å²) in [5, 5.41) is 22.5. The van der Waals surface area contributed by atoms with Gasteiger partial charge in [-0.3, -0.25) is 14.9 Å². The number of halogens is 1. The second kappa shape index (κ2) is 7.85. The van der Waals surface area contributed by atoms with Crippen molar-refractivity contribution in [1.82, 2.24) is 5.32 Å². The highest BCUT2D eigenvalue weighted by molar-refractivity contribution is 5.85. The van der Waals surface area contributed by atoms with E-state index in [1.165, 1.54) is 6.07 Å². The Hall–Kier alpha value is -2.51. The van der Waals surface area contributed by atoms with Crippen LogP contribution in [0.5, 0.6) is 0 Å². The molecule has 0 saturated heterocycles. The van der Waals surface area contributed by atoms with Crippen molar-refractivity contribution in [1.29, 1.82) is 0 Å². The van der Waals surface area contributed by atoms with E-state index in [-0.39, 0.29) is 23.8 Å². The number of hydrogen-bond acceptors (Lipinski definition) is 4. The predicted molar refractivity (Wildman–Crippen MR) is 82.9 cm³/mol. The quantitative estimate of drug-likeness (QED) is 0.611. The molecule has 1 saturated carbocycles. The van der Waals surface area contributed by atoms with Crippen molar-refractivity contribution in [2.45, 2.75) is 44.6 Å². The Labute approximate surface area is 138 Å². The van der Waals surface area contributed by atoms with Gasteiger partial charge in [0, 0.05) is 18.4 Å². The second-order valence-electron chi connectivity index (χ2n) is 5.98. The van der Waals surface area contributed by atoms with Crippen LogP contribution in [0.15, 0.2) is 18.2 Å². The van der Waals surface area contributed by atoms with Crippen LogP contribution >= 0.6 is 0 Å². The number of nitro groups is 1. The highest BCUT2D eigenvalue weighted by Crippen LogP contribution is 2.24. The Morgan fingerprint density at radius 1 is 1.33 bits per heavy atom. The third-order valence-corrected chi connectivity index (χ3v) is 4.24. The monoisotopic (exact) mass is 338 g/mol. The summed E-state index contributed by atoms with van der Waals surface area (Å²) in [7, 11) is 0. The maximum Gasteiger partial charge on any atom is 0.326 e. The molecule has 1 aromatic carbocycles. The molecule has 24 heavy (non-hydrogen) atoms. The molecule has 0 radical (unpaired) electrons. The standard InChI is InChI=1S/C16H19FN2O5/c17-12-7-6-10(9-14(12)19(23)24)8-13(16(21)22)18-15(20)11-4-2-1-3-5-11/h6-7,9,11,13H,1-5,8H2,(H,18,20)(H,21,22)/t13-/m0/s1. The average Bonchev–Trinajstić information content (AvgIpc) is 2.56. The Balaban J connectivity index is 2.08. The number of nitrogens with zero attached hydrogens (tertiary/aromatic N) is 1. The fourth-order valence-electron chi connectivity index (χ4n) is 2.92. The minimum absolute atomic E-state index is 0.144. The molecular weight excluding hydrogens is 319 g/mol. The number of aliphatic carboxylic acids is 1. The second-order valence-corrected chi connectivity index (χ2v) is 5.98. The Morgan fingerprint density at radius 3 is 2.58 bits per heavy atom. The average molecular weight is 338 g/mol. The number of amides is 1. The molecule has 0 spiro atoms. The molecule has 1 fully saturated rings. The van der Waals surface area contributed by atoms with E-state index in [1.807, 2.05) is 0 Å². The number of nitro benzene ring substituents is 1. The molecule has 1 aromatic rings. The summed E-state index contributed by atoms with van der Waals surface area (Å²) in [4.78, 5) is 33.5. The molecular formula is C16H19FN2O5. The normalized spacial score (nSPS) is 16.4. The molecule has 130 valence electrons. The lowest BCUT2D eigenvalue weighted by Crippen LogP contribution is -2.45.